The van der Waals surface area contributed by atoms with Gasteiger partial charge in [-0.05, 0) is 24.3 Å². The molecule has 3 N–H and O–H groups in total. The van der Waals surface area contributed by atoms with Gasteiger partial charge in [0.1, 0.15) is 11.4 Å². The Balaban J connectivity index is 2.41. The number of benzene rings is 2. The zero-order valence-electron chi connectivity index (χ0n) is 10.0. The van der Waals surface area contributed by atoms with E-state index in [0.29, 0.717) is 16.5 Å². The quantitative estimate of drug-likeness (QED) is 0.839. The Kier molecular flexibility index (Phi) is 3.76. The molecular formula is C13H11ClF2N2O. The van der Waals surface area contributed by atoms with Crippen molar-refractivity contribution in [1.82, 2.24) is 0 Å². The molecule has 0 radical (unpaired) electrons. The zero-order chi connectivity index (χ0) is 14.0. The minimum Gasteiger partial charge on any atom is -0.497 e. The summed E-state index contributed by atoms with van der Waals surface area (Å²) >= 11 is 5.95. The lowest BCUT2D eigenvalue weighted by Crippen LogP contribution is -2.00. The Labute approximate surface area is 113 Å². The van der Waals surface area contributed by atoms with Gasteiger partial charge in [0.2, 0.25) is 0 Å². The molecule has 0 fully saturated rings. The van der Waals surface area contributed by atoms with Gasteiger partial charge in [-0.25, -0.2) is 8.78 Å². The third-order valence-electron chi connectivity index (χ3n) is 2.50. The zero-order valence-corrected chi connectivity index (χ0v) is 10.8. The summed E-state index contributed by atoms with van der Waals surface area (Å²) in [5, 5.41) is 2.91. The molecular weight excluding hydrogens is 274 g/mol. The van der Waals surface area contributed by atoms with Crippen LogP contribution in [0.2, 0.25) is 5.02 Å². The summed E-state index contributed by atoms with van der Waals surface area (Å²) in [5.41, 5.74) is 5.38. The van der Waals surface area contributed by atoms with E-state index in [-0.39, 0.29) is 11.4 Å². The van der Waals surface area contributed by atoms with Crippen LogP contribution >= 0.6 is 11.6 Å². The maximum absolute atomic E-state index is 13.7. The average molecular weight is 285 g/mol. The van der Waals surface area contributed by atoms with E-state index in [1.54, 1.807) is 12.1 Å². The molecule has 0 amide bonds. The Morgan fingerprint density at radius 2 is 1.79 bits per heavy atom. The van der Waals surface area contributed by atoms with Gasteiger partial charge in [-0.15, -0.1) is 0 Å². The van der Waals surface area contributed by atoms with Crippen molar-refractivity contribution in [2.75, 3.05) is 18.2 Å². The standard InChI is InChI=1S/C13H11ClF2N2O/c1-19-8-2-3-9(14)12(6-8)18-13-10(15)4-7(17)5-11(13)16/h2-6,18H,17H2,1H3. The molecule has 2 aromatic rings. The highest BCUT2D eigenvalue weighted by molar-refractivity contribution is 6.33. The van der Waals surface area contributed by atoms with Gasteiger partial charge in [-0.3, -0.25) is 0 Å². The van der Waals surface area contributed by atoms with E-state index in [1.165, 1.54) is 13.2 Å². The highest BCUT2D eigenvalue weighted by atomic mass is 35.5. The predicted octanol–water partition coefficient (Wildman–Crippen LogP) is 3.95. The number of nitrogen functional groups attached to an aromatic ring is 1. The van der Waals surface area contributed by atoms with Gasteiger partial charge in [-0.2, -0.15) is 0 Å². The van der Waals surface area contributed by atoms with Crippen molar-refractivity contribution in [2.45, 2.75) is 0 Å². The van der Waals surface area contributed by atoms with Crippen LogP contribution in [0, 0.1) is 11.6 Å². The van der Waals surface area contributed by atoms with E-state index in [9.17, 15) is 8.78 Å². The Morgan fingerprint density at radius 3 is 2.37 bits per heavy atom. The van der Waals surface area contributed by atoms with E-state index in [0.717, 1.165) is 12.1 Å². The molecule has 0 atom stereocenters. The second-order valence-electron chi connectivity index (χ2n) is 3.83. The van der Waals surface area contributed by atoms with Gasteiger partial charge in [0.15, 0.2) is 11.6 Å². The van der Waals surface area contributed by atoms with Crippen molar-refractivity contribution < 1.29 is 13.5 Å². The van der Waals surface area contributed by atoms with Crippen LogP contribution in [-0.4, -0.2) is 7.11 Å². The van der Waals surface area contributed by atoms with Crippen LogP contribution < -0.4 is 15.8 Å². The second kappa shape index (κ2) is 5.32. The first-order chi connectivity index (χ1) is 9.01. The fourth-order valence-electron chi connectivity index (χ4n) is 1.57. The summed E-state index contributed by atoms with van der Waals surface area (Å²) in [6.45, 7) is 0. The van der Waals surface area contributed by atoms with Crippen LogP contribution in [0.25, 0.3) is 0 Å². The number of nitrogens with two attached hydrogens (primary N) is 1. The van der Waals surface area contributed by atoms with E-state index in [2.05, 4.69) is 5.32 Å². The highest BCUT2D eigenvalue weighted by Crippen LogP contribution is 2.32. The maximum atomic E-state index is 13.7. The van der Waals surface area contributed by atoms with Gasteiger partial charge >= 0.3 is 0 Å². The maximum Gasteiger partial charge on any atom is 0.151 e. The lowest BCUT2D eigenvalue weighted by Gasteiger charge is -2.12. The molecule has 0 aromatic heterocycles. The highest BCUT2D eigenvalue weighted by Gasteiger charge is 2.12. The average Bonchev–Trinajstić information content (AvgIpc) is 2.35. The molecule has 2 aromatic carbocycles. The normalized spacial score (nSPS) is 10.3. The fraction of sp³-hybridized carbons (Fsp3) is 0.0769. The summed E-state index contributed by atoms with van der Waals surface area (Å²) in [4.78, 5) is 0. The van der Waals surface area contributed by atoms with Gasteiger partial charge in [0.05, 0.1) is 17.8 Å². The first-order valence-corrected chi connectivity index (χ1v) is 5.74. The van der Waals surface area contributed by atoms with Crippen LogP contribution in [-0.2, 0) is 0 Å². The summed E-state index contributed by atoms with van der Waals surface area (Å²) in [5.74, 6) is -1.07. The molecule has 19 heavy (non-hydrogen) atoms. The monoisotopic (exact) mass is 284 g/mol. The van der Waals surface area contributed by atoms with Crippen LogP contribution in [0.4, 0.5) is 25.8 Å². The number of nitrogens with one attached hydrogen (secondary N) is 1. The molecule has 0 spiro atoms. The number of methoxy groups -OCH3 is 1. The van der Waals surface area contributed by atoms with Crippen LogP contribution in [0.3, 0.4) is 0 Å². The lowest BCUT2D eigenvalue weighted by molar-refractivity contribution is 0.415. The van der Waals surface area contributed by atoms with Crippen molar-refractivity contribution in [3.63, 3.8) is 0 Å². The molecule has 0 aliphatic carbocycles. The molecule has 0 saturated carbocycles. The van der Waals surface area contributed by atoms with Gasteiger partial charge < -0.3 is 15.8 Å². The molecule has 0 aliphatic rings. The van der Waals surface area contributed by atoms with Gasteiger partial charge in [0, 0.05) is 11.8 Å². The number of halogens is 3. The molecule has 6 heteroatoms. The molecule has 0 unspecified atom stereocenters. The van der Waals surface area contributed by atoms with Crippen molar-refractivity contribution in [1.29, 1.82) is 0 Å². The number of ether oxygens (including phenoxy) is 1. The molecule has 0 heterocycles. The number of rotatable bonds is 3. The van der Waals surface area contributed by atoms with E-state index in [4.69, 9.17) is 22.1 Å². The molecule has 0 aliphatic heterocycles. The van der Waals surface area contributed by atoms with Crippen molar-refractivity contribution >= 4 is 28.7 Å². The Hall–Kier alpha value is -2.01. The Morgan fingerprint density at radius 1 is 1.16 bits per heavy atom. The summed E-state index contributed by atoms with van der Waals surface area (Å²) < 4.78 is 32.3. The second-order valence-corrected chi connectivity index (χ2v) is 4.24. The van der Waals surface area contributed by atoms with E-state index >= 15 is 0 Å². The van der Waals surface area contributed by atoms with Gasteiger partial charge in [-0.1, -0.05) is 11.6 Å². The Bertz CT molecular complexity index is 597. The third-order valence-corrected chi connectivity index (χ3v) is 2.83. The topological polar surface area (TPSA) is 47.3 Å². The predicted molar refractivity (Wildman–Crippen MR) is 72.1 cm³/mol. The number of hydrogen-bond donors (Lipinski definition) is 2. The smallest absolute Gasteiger partial charge is 0.151 e. The van der Waals surface area contributed by atoms with E-state index < -0.39 is 11.6 Å². The molecule has 0 saturated heterocycles. The largest absolute Gasteiger partial charge is 0.497 e. The SMILES string of the molecule is COc1ccc(Cl)c(Nc2c(F)cc(N)cc2F)c1. The minimum atomic E-state index is -0.795. The third kappa shape index (κ3) is 2.88. The number of hydrogen-bond acceptors (Lipinski definition) is 3. The molecule has 3 nitrogen and oxygen atoms in total. The van der Waals surface area contributed by atoms with Crippen molar-refractivity contribution in [3.05, 3.63) is 47.0 Å². The summed E-state index contributed by atoms with van der Waals surface area (Å²) in [7, 11) is 1.48. The first kappa shape index (κ1) is 13.4. The van der Waals surface area contributed by atoms with Gasteiger partial charge in [0.25, 0.3) is 0 Å². The molecule has 100 valence electrons. The van der Waals surface area contributed by atoms with E-state index in [1.807, 2.05) is 0 Å². The lowest BCUT2D eigenvalue weighted by atomic mass is 10.2. The van der Waals surface area contributed by atoms with Crippen LogP contribution in [0.1, 0.15) is 0 Å². The summed E-state index contributed by atoms with van der Waals surface area (Å²) in [6, 6.07) is 6.80. The van der Waals surface area contributed by atoms with Crippen molar-refractivity contribution in [2.24, 2.45) is 0 Å². The first-order valence-electron chi connectivity index (χ1n) is 5.36. The molecule has 2 rings (SSSR count). The van der Waals surface area contributed by atoms with Crippen LogP contribution in [0.5, 0.6) is 5.75 Å². The van der Waals surface area contributed by atoms with Crippen molar-refractivity contribution in [3.8, 4) is 5.75 Å². The molecule has 0 bridgehead atoms. The summed E-state index contributed by atoms with van der Waals surface area (Å²) in [6.07, 6.45) is 0. The number of anilines is 3. The van der Waals surface area contributed by atoms with Crippen LogP contribution in [0.15, 0.2) is 30.3 Å². The minimum absolute atomic E-state index is 0.0114. The fourth-order valence-corrected chi connectivity index (χ4v) is 1.74.